The maximum absolute atomic E-state index is 12.8. The smallest absolute Gasteiger partial charge is 0.416 e. The number of hydrogen-bond acceptors (Lipinski definition) is 4. The van der Waals surface area contributed by atoms with Gasteiger partial charge in [-0.2, -0.15) is 18.2 Å². The maximum atomic E-state index is 12.8. The third kappa shape index (κ3) is 4.84. The Bertz CT molecular complexity index is 1100. The predicted octanol–water partition coefficient (Wildman–Crippen LogP) is 4.65. The monoisotopic (exact) mass is 427 g/mol. The summed E-state index contributed by atoms with van der Waals surface area (Å²) >= 11 is 0. The van der Waals surface area contributed by atoms with Gasteiger partial charge in [-0.1, -0.05) is 36.4 Å². The van der Waals surface area contributed by atoms with E-state index in [4.69, 9.17) is 4.74 Å². The lowest BCUT2D eigenvalue weighted by Crippen LogP contribution is -2.31. The summed E-state index contributed by atoms with van der Waals surface area (Å²) in [7, 11) is 0. The first kappa shape index (κ1) is 20.8. The number of carbonyl (C=O) groups is 1. The lowest BCUT2D eigenvalue weighted by molar-refractivity contribution is -0.137. The van der Waals surface area contributed by atoms with Gasteiger partial charge in [0.05, 0.1) is 11.6 Å². The third-order valence-corrected chi connectivity index (χ3v) is 5.12. The number of carbonyl (C=O) groups excluding carboxylic acids is 1. The summed E-state index contributed by atoms with van der Waals surface area (Å²) in [4.78, 5) is 20.9. The molecule has 1 amide bonds. The minimum absolute atomic E-state index is 0.0397. The molecule has 0 saturated carbocycles. The summed E-state index contributed by atoms with van der Waals surface area (Å²) in [6.45, 7) is 1.50. The van der Waals surface area contributed by atoms with E-state index in [0.717, 1.165) is 30.5 Å². The summed E-state index contributed by atoms with van der Waals surface area (Å²) in [5, 5.41) is 2.97. The average molecular weight is 427 g/mol. The Labute approximate surface area is 177 Å². The Balaban J connectivity index is 1.41. The van der Waals surface area contributed by atoms with Crippen LogP contribution in [0.5, 0.6) is 5.88 Å². The zero-order valence-electron chi connectivity index (χ0n) is 16.7. The van der Waals surface area contributed by atoms with Crippen molar-refractivity contribution < 1.29 is 22.7 Å². The number of hydrogen-bond donors (Lipinski definition) is 1. The molecule has 1 N–H and O–H groups in total. The van der Waals surface area contributed by atoms with E-state index < -0.39 is 11.7 Å². The molecule has 0 fully saturated rings. The zero-order valence-corrected chi connectivity index (χ0v) is 16.7. The second-order valence-corrected chi connectivity index (χ2v) is 7.39. The average Bonchev–Trinajstić information content (AvgIpc) is 3.14. The molecule has 1 aliphatic rings. The zero-order chi connectivity index (χ0) is 22.0. The number of benzene rings is 2. The molecule has 3 aromatic rings. The molecule has 0 bridgehead atoms. The highest BCUT2D eigenvalue weighted by Gasteiger charge is 2.30. The Morgan fingerprint density at radius 1 is 1.13 bits per heavy atom. The number of alkyl halides is 3. The second-order valence-electron chi connectivity index (χ2n) is 7.39. The number of nitrogens with one attached hydrogen (secondary N) is 1. The fourth-order valence-corrected chi connectivity index (χ4v) is 3.63. The first-order chi connectivity index (χ1) is 14.8. The molecule has 4 rings (SSSR count). The van der Waals surface area contributed by atoms with Gasteiger partial charge in [0.15, 0.2) is 12.4 Å². The molecule has 160 valence electrons. The number of halogens is 3. The van der Waals surface area contributed by atoms with Crippen LogP contribution < -0.4 is 10.1 Å². The Kier molecular flexibility index (Phi) is 5.63. The molecular weight excluding hydrogens is 407 g/mol. The minimum Gasteiger partial charge on any atom is -0.467 e. The molecule has 0 aliphatic heterocycles. The third-order valence-electron chi connectivity index (χ3n) is 5.12. The van der Waals surface area contributed by atoms with Crippen LogP contribution in [0.2, 0.25) is 0 Å². The van der Waals surface area contributed by atoms with Crippen LogP contribution in [0, 0.1) is 6.92 Å². The van der Waals surface area contributed by atoms with Crippen molar-refractivity contribution in [3.05, 3.63) is 77.0 Å². The van der Waals surface area contributed by atoms with Crippen molar-refractivity contribution in [2.45, 2.75) is 32.0 Å². The minimum atomic E-state index is -4.41. The molecule has 0 spiro atoms. The van der Waals surface area contributed by atoms with E-state index in [0.29, 0.717) is 11.3 Å². The van der Waals surface area contributed by atoms with Gasteiger partial charge in [-0.05, 0) is 43.0 Å². The van der Waals surface area contributed by atoms with Crippen molar-refractivity contribution in [3.63, 3.8) is 0 Å². The van der Waals surface area contributed by atoms with E-state index in [1.165, 1.54) is 17.7 Å². The van der Waals surface area contributed by atoms with Crippen molar-refractivity contribution in [1.29, 1.82) is 0 Å². The molecule has 0 saturated heterocycles. The number of amides is 1. The highest BCUT2D eigenvalue weighted by atomic mass is 19.4. The first-order valence-corrected chi connectivity index (χ1v) is 9.83. The van der Waals surface area contributed by atoms with Gasteiger partial charge in [-0.3, -0.25) is 4.79 Å². The number of ether oxygens (including phenoxy) is 1. The second kappa shape index (κ2) is 8.37. The van der Waals surface area contributed by atoms with Crippen LogP contribution in [0.4, 0.5) is 13.2 Å². The number of rotatable bonds is 5. The van der Waals surface area contributed by atoms with Gasteiger partial charge in [-0.15, -0.1) is 0 Å². The largest absolute Gasteiger partial charge is 0.467 e. The normalized spacial score (nSPS) is 15.4. The van der Waals surface area contributed by atoms with Crippen LogP contribution in [0.15, 0.2) is 54.6 Å². The molecule has 5 nitrogen and oxygen atoms in total. The van der Waals surface area contributed by atoms with Gasteiger partial charge in [0, 0.05) is 17.3 Å². The van der Waals surface area contributed by atoms with E-state index in [1.807, 2.05) is 18.2 Å². The molecule has 1 unspecified atom stereocenters. The van der Waals surface area contributed by atoms with Gasteiger partial charge in [-0.25, -0.2) is 4.98 Å². The first-order valence-electron chi connectivity index (χ1n) is 9.83. The van der Waals surface area contributed by atoms with Crippen LogP contribution in [-0.4, -0.2) is 22.5 Å². The molecular formula is C23H20F3N3O2. The van der Waals surface area contributed by atoms with Crippen LogP contribution in [-0.2, 0) is 17.4 Å². The van der Waals surface area contributed by atoms with Gasteiger partial charge >= 0.3 is 6.18 Å². The van der Waals surface area contributed by atoms with Crippen LogP contribution >= 0.6 is 0 Å². The molecule has 2 aromatic carbocycles. The summed E-state index contributed by atoms with van der Waals surface area (Å²) in [5.74, 6) is 0.146. The Morgan fingerprint density at radius 2 is 1.87 bits per heavy atom. The van der Waals surface area contributed by atoms with Gasteiger partial charge in [0.25, 0.3) is 5.91 Å². The molecule has 1 aliphatic carbocycles. The predicted molar refractivity (Wildman–Crippen MR) is 108 cm³/mol. The van der Waals surface area contributed by atoms with Crippen LogP contribution in [0.25, 0.3) is 11.4 Å². The number of nitrogens with zero attached hydrogens (tertiary/aromatic N) is 2. The Hall–Kier alpha value is -3.42. The topological polar surface area (TPSA) is 64.1 Å². The standard InChI is InChI=1S/C23H20F3N3O2/c1-14-12-21(29-22(27-14)16-6-9-17(10-7-16)23(24,25)26)31-13-20(30)28-19-11-8-15-4-2-3-5-18(15)19/h2-7,9-10,12,19H,8,11,13H2,1H3,(H,28,30). The fraction of sp³-hybridized carbons (Fsp3) is 0.261. The van der Waals surface area contributed by atoms with E-state index in [9.17, 15) is 18.0 Å². The number of aromatic nitrogens is 2. The lowest BCUT2D eigenvalue weighted by Gasteiger charge is -2.14. The highest BCUT2D eigenvalue weighted by molar-refractivity contribution is 5.78. The Morgan fingerprint density at radius 3 is 2.61 bits per heavy atom. The summed E-state index contributed by atoms with van der Waals surface area (Å²) in [5.41, 5.74) is 2.61. The van der Waals surface area contributed by atoms with Gasteiger partial charge in [0.1, 0.15) is 0 Å². The number of aryl methyl sites for hydroxylation is 2. The van der Waals surface area contributed by atoms with Gasteiger partial charge < -0.3 is 10.1 Å². The number of fused-ring (bicyclic) bond motifs is 1. The van der Waals surface area contributed by atoms with Crippen molar-refractivity contribution >= 4 is 5.91 Å². The SMILES string of the molecule is Cc1cc(OCC(=O)NC2CCc3ccccc32)nc(-c2ccc(C(F)(F)F)cc2)n1. The van der Waals surface area contributed by atoms with Crippen molar-refractivity contribution in [2.75, 3.05) is 6.61 Å². The molecule has 8 heteroatoms. The van der Waals surface area contributed by atoms with Crippen molar-refractivity contribution in [3.8, 4) is 17.3 Å². The van der Waals surface area contributed by atoms with E-state index >= 15 is 0 Å². The van der Waals surface area contributed by atoms with E-state index in [1.54, 1.807) is 13.0 Å². The van der Waals surface area contributed by atoms with E-state index in [-0.39, 0.29) is 30.3 Å². The molecule has 1 aromatic heterocycles. The van der Waals surface area contributed by atoms with Gasteiger partial charge in [0.2, 0.25) is 5.88 Å². The maximum Gasteiger partial charge on any atom is 0.416 e. The van der Waals surface area contributed by atoms with E-state index in [2.05, 4.69) is 21.4 Å². The van der Waals surface area contributed by atoms with Crippen molar-refractivity contribution in [1.82, 2.24) is 15.3 Å². The quantitative estimate of drug-likeness (QED) is 0.644. The highest BCUT2D eigenvalue weighted by Crippen LogP contribution is 2.31. The van der Waals surface area contributed by atoms with Crippen molar-refractivity contribution in [2.24, 2.45) is 0 Å². The molecule has 1 heterocycles. The molecule has 1 atom stereocenters. The molecule has 0 radical (unpaired) electrons. The van der Waals surface area contributed by atoms with Crippen LogP contribution in [0.1, 0.15) is 34.8 Å². The van der Waals surface area contributed by atoms with Crippen LogP contribution in [0.3, 0.4) is 0 Å². The molecule has 31 heavy (non-hydrogen) atoms. The summed E-state index contributed by atoms with van der Waals surface area (Å²) < 4.78 is 43.8. The fourth-order valence-electron chi connectivity index (χ4n) is 3.63. The lowest BCUT2D eigenvalue weighted by atomic mass is 10.1. The summed E-state index contributed by atoms with van der Waals surface area (Å²) in [6, 6.07) is 14.1. The summed E-state index contributed by atoms with van der Waals surface area (Å²) in [6.07, 6.45) is -2.65.